The van der Waals surface area contributed by atoms with Gasteiger partial charge in [-0.1, -0.05) is 0 Å². The zero-order valence-electron chi connectivity index (χ0n) is 8.49. The lowest BCUT2D eigenvalue weighted by Gasteiger charge is -2.13. The van der Waals surface area contributed by atoms with E-state index in [4.69, 9.17) is 20.3 Å². The maximum Gasteiger partial charge on any atom is 0.325 e. The molecule has 0 amide bonds. The summed E-state index contributed by atoms with van der Waals surface area (Å²) < 4.78 is 11.2. The first-order chi connectivity index (χ1) is 7.52. The molecule has 0 aliphatic carbocycles. The van der Waals surface area contributed by atoms with Crippen LogP contribution in [0.25, 0.3) is 0 Å². The lowest BCUT2D eigenvalue weighted by Crippen LogP contribution is -2.21. The van der Waals surface area contributed by atoms with Crippen LogP contribution in [0.2, 0.25) is 0 Å². The number of hydrogen-bond donors (Lipinski definition) is 2. The van der Waals surface area contributed by atoms with Gasteiger partial charge in [-0.25, -0.2) is 0 Å². The Balaban J connectivity index is 2.56. The van der Waals surface area contributed by atoms with Crippen LogP contribution in [0, 0.1) is 6.92 Å². The van der Waals surface area contributed by atoms with E-state index in [1.165, 1.54) is 0 Å². The van der Waals surface area contributed by atoms with E-state index in [0.717, 1.165) is 0 Å². The van der Waals surface area contributed by atoms with Gasteiger partial charge in [-0.2, -0.15) is 0 Å². The van der Waals surface area contributed by atoms with Gasteiger partial charge in [0.05, 0.1) is 4.47 Å². The highest BCUT2D eigenvalue weighted by Crippen LogP contribution is 2.44. The van der Waals surface area contributed by atoms with Crippen molar-refractivity contribution in [3.05, 3.63) is 21.7 Å². The quantitative estimate of drug-likeness (QED) is 0.863. The average Bonchev–Trinajstić information content (AvgIpc) is 2.71. The zero-order chi connectivity index (χ0) is 11.9. The van der Waals surface area contributed by atoms with Gasteiger partial charge in [0.2, 0.25) is 6.79 Å². The normalized spacial score (nSPS) is 14.9. The second-order valence-electron chi connectivity index (χ2n) is 3.45. The molecule has 0 radical (unpaired) electrons. The monoisotopic (exact) mass is 287 g/mol. The number of hydrogen-bond acceptors (Lipinski definition) is 4. The number of fused-ring (bicyclic) bond motifs is 1. The molecule has 1 atom stereocenters. The molecule has 1 aromatic carbocycles. The summed E-state index contributed by atoms with van der Waals surface area (Å²) >= 11 is 3.30. The Morgan fingerprint density at radius 1 is 1.56 bits per heavy atom. The first kappa shape index (κ1) is 11.2. The van der Waals surface area contributed by atoms with Gasteiger partial charge in [0.1, 0.15) is 6.04 Å². The van der Waals surface area contributed by atoms with Crippen LogP contribution in [0.5, 0.6) is 11.5 Å². The molecule has 1 aromatic rings. The summed E-state index contributed by atoms with van der Waals surface area (Å²) in [5, 5.41) is 8.89. The average molecular weight is 288 g/mol. The second-order valence-corrected chi connectivity index (χ2v) is 4.31. The van der Waals surface area contributed by atoms with Crippen LogP contribution in [0.3, 0.4) is 0 Å². The van der Waals surface area contributed by atoms with Gasteiger partial charge in [-0.15, -0.1) is 0 Å². The van der Waals surface area contributed by atoms with Gasteiger partial charge in [-0.05, 0) is 34.5 Å². The first-order valence-electron chi connectivity index (χ1n) is 4.59. The number of nitrogens with two attached hydrogens (primary N) is 1. The Labute approximate surface area is 100 Å². The van der Waals surface area contributed by atoms with Crippen molar-refractivity contribution in [2.45, 2.75) is 13.0 Å². The van der Waals surface area contributed by atoms with Crippen molar-refractivity contribution < 1.29 is 19.4 Å². The van der Waals surface area contributed by atoms with Gasteiger partial charge in [0.25, 0.3) is 0 Å². The van der Waals surface area contributed by atoms with Gasteiger partial charge in [0, 0.05) is 5.56 Å². The Morgan fingerprint density at radius 3 is 2.81 bits per heavy atom. The van der Waals surface area contributed by atoms with Crippen molar-refractivity contribution in [1.29, 1.82) is 0 Å². The van der Waals surface area contributed by atoms with Crippen molar-refractivity contribution in [1.82, 2.24) is 0 Å². The molecule has 86 valence electrons. The number of aliphatic carboxylic acids is 1. The van der Waals surface area contributed by atoms with E-state index in [2.05, 4.69) is 15.9 Å². The third-order valence-electron chi connectivity index (χ3n) is 2.49. The predicted octanol–water partition coefficient (Wildman–Crippen LogP) is 1.57. The van der Waals surface area contributed by atoms with E-state index < -0.39 is 12.0 Å². The summed E-state index contributed by atoms with van der Waals surface area (Å²) in [5.74, 6) is 0.0776. The predicted molar refractivity (Wildman–Crippen MR) is 59.6 cm³/mol. The maximum atomic E-state index is 10.9. The molecule has 16 heavy (non-hydrogen) atoms. The largest absolute Gasteiger partial charge is 0.480 e. The van der Waals surface area contributed by atoms with Crippen molar-refractivity contribution in [3.63, 3.8) is 0 Å². The summed E-state index contributed by atoms with van der Waals surface area (Å²) in [4.78, 5) is 10.9. The Hall–Kier alpha value is -1.27. The van der Waals surface area contributed by atoms with Crippen LogP contribution in [-0.4, -0.2) is 17.9 Å². The van der Waals surface area contributed by atoms with Crippen molar-refractivity contribution in [2.24, 2.45) is 5.73 Å². The minimum Gasteiger partial charge on any atom is -0.480 e. The molecule has 1 unspecified atom stereocenters. The lowest BCUT2D eigenvalue weighted by atomic mass is 10.0. The first-order valence-corrected chi connectivity index (χ1v) is 5.38. The highest BCUT2D eigenvalue weighted by atomic mass is 79.9. The SMILES string of the molecule is Cc1c(C(N)C(=O)O)cc(Br)c2c1OCO2. The standard InChI is InChI=1S/C10H10BrNO4/c1-4-5(7(12)10(13)14)2-6(11)9-8(4)15-3-16-9/h2,7H,3,12H2,1H3,(H,13,14). The molecule has 0 bridgehead atoms. The van der Waals surface area contributed by atoms with E-state index >= 15 is 0 Å². The molecule has 0 saturated carbocycles. The molecular weight excluding hydrogens is 278 g/mol. The number of rotatable bonds is 2. The molecule has 3 N–H and O–H groups in total. The molecular formula is C10H10BrNO4. The van der Waals surface area contributed by atoms with E-state index in [-0.39, 0.29) is 6.79 Å². The number of carboxylic acids is 1. The van der Waals surface area contributed by atoms with Crippen molar-refractivity contribution in [3.8, 4) is 11.5 Å². The van der Waals surface area contributed by atoms with Crippen molar-refractivity contribution in [2.75, 3.05) is 6.79 Å². The number of ether oxygens (including phenoxy) is 2. The molecule has 0 saturated heterocycles. The molecule has 1 aliphatic rings. The Bertz CT molecular complexity index is 461. The van der Waals surface area contributed by atoms with Crippen LogP contribution in [0.1, 0.15) is 17.2 Å². The minimum absolute atomic E-state index is 0.139. The summed E-state index contributed by atoms with van der Waals surface area (Å²) in [5.41, 5.74) is 6.80. The van der Waals surface area contributed by atoms with Crippen LogP contribution in [-0.2, 0) is 4.79 Å². The summed E-state index contributed by atoms with van der Waals surface area (Å²) in [6.45, 7) is 1.90. The Morgan fingerprint density at radius 2 is 2.19 bits per heavy atom. The highest BCUT2D eigenvalue weighted by Gasteiger charge is 2.26. The number of carbonyl (C=O) groups is 1. The number of carboxylic acid groups (broad SMARTS) is 1. The zero-order valence-corrected chi connectivity index (χ0v) is 10.1. The summed E-state index contributed by atoms with van der Waals surface area (Å²) in [7, 11) is 0. The molecule has 0 fully saturated rings. The van der Waals surface area contributed by atoms with E-state index in [0.29, 0.717) is 27.1 Å². The Kier molecular flexibility index (Phi) is 2.77. The number of benzene rings is 1. The third kappa shape index (κ3) is 1.64. The van der Waals surface area contributed by atoms with Crippen LogP contribution < -0.4 is 15.2 Å². The lowest BCUT2D eigenvalue weighted by molar-refractivity contribution is -0.138. The summed E-state index contributed by atoms with van der Waals surface area (Å²) in [6.07, 6.45) is 0. The fourth-order valence-electron chi connectivity index (χ4n) is 1.63. The molecule has 1 heterocycles. The van der Waals surface area contributed by atoms with E-state index in [1.54, 1.807) is 13.0 Å². The van der Waals surface area contributed by atoms with Gasteiger partial charge in [-0.3, -0.25) is 4.79 Å². The maximum absolute atomic E-state index is 10.9. The van der Waals surface area contributed by atoms with Crippen LogP contribution in [0.4, 0.5) is 0 Å². The molecule has 2 rings (SSSR count). The smallest absolute Gasteiger partial charge is 0.325 e. The topological polar surface area (TPSA) is 81.8 Å². The fourth-order valence-corrected chi connectivity index (χ4v) is 2.17. The number of halogens is 1. The molecule has 0 spiro atoms. The highest BCUT2D eigenvalue weighted by molar-refractivity contribution is 9.10. The fraction of sp³-hybridized carbons (Fsp3) is 0.300. The second kappa shape index (κ2) is 3.95. The van der Waals surface area contributed by atoms with Crippen molar-refractivity contribution >= 4 is 21.9 Å². The van der Waals surface area contributed by atoms with Gasteiger partial charge < -0.3 is 20.3 Å². The molecule has 0 aromatic heterocycles. The van der Waals surface area contributed by atoms with E-state index in [9.17, 15) is 4.79 Å². The molecule has 1 aliphatic heterocycles. The van der Waals surface area contributed by atoms with E-state index in [1.807, 2.05) is 0 Å². The minimum atomic E-state index is -1.08. The van der Waals surface area contributed by atoms with Gasteiger partial charge in [0.15, 0.2) is 11.5 Å². The van der Waals surface area contributed by atoms with Crippen LogP contribution in [0.15, 0.2) is 10.5 Å². The molecule has 6 heteroatoms. The third-order valence-corrected chi connectivity index (χ3v) is 3.08. The molecule has 5 nitrogen and oxygen atoms in total. The van der Waals surface area contributed by atoms with Gasteiger partial charge >= 0.3 is 5.97 Å². The summed E-state index contributed by atoms with van der Waals surface area (Å²) in [6, 6.07) is 0.590. The van der Waals surface area contributed by atoms with Crippen LogP contribution >= 0.6 is 15.9 Å².